The van der Waals surface area contributed by atoms with Crippen molar-refractivity contribution in [1.29, 1.82) is 0 Å². The van der Waals surface area contributed by atoms with E-state index in [4.69, 9.17) is 0 Å². The molecule has 0 aromatic heterocycles. The Morgan fingerprint density at radius 2 is 1.70 bits per heavy atom. The average molecular weight is 528 g/mol. The molecular weight excluding hydrogens is 486 g/mol. The molecule has 1 fully saturated rings. The highest BCUT2D eigenvalue weighted by atomic mass is 32.2. The van der Waals surface area contributed by atoms with Crippen LogP contribution in [-0.4, -0.2) is 50.0 Å². The number of benzene rings is 2. The average Bonchev–Trinajstić information content (AvgIpc) is 3.34. The largest absolute Gasteiger partial charge is 0.352 e. The second kappa shape index (κ2) is 12.6. The summed E-state index contributed by atoms with van der Waals surface area (Å²) >= 11 is 0. The zero-order valence-corrected chi connectivity index (χ0v) is 23.6. The number of amides is 2. The Bertz CT molecular complexity index is 1210. The molecule has 2 amide bonds. The molecule has 0 unspecified atom stereocenters. The zero-order chi connectivity index (χ0) is 27.2. The minimum absolute atomic E-state index is 0.137. The Labute approximate surface area is 222 Å². The van der Waals surface area contributed by atoms with Gasteiger partial charge in [0.2, 0.25) is 21.8 Å². The number of hydrogen-bond acceptors (Lipinski definition) is 4. The van der Waals surface area contributed by atoms with Gasteiger partial charge >= 0.3 is 0 Å². The lowest BCUT2D eigenvalue weighted by atomic mass is 10.1. The minimum atomic E-state index is -3.53. The van der Waals surface area contributed by atoms with E-state index < -0.39 is 16.1 Å². The number of rotatable bonds is 11. The summed E-state index contributed by atoms with van der Waals surface area (Å²) in [5, 5.41) is 3.12. The molecule has 0 aliphatic heterocycles. The van der Waals surface area contributed by atoms with Gasteiger partial charge in [0.25, 0.3) is 0 Å². The first-order chi connectivity index (χ1) is 17.5. The number of nitrogens with zero attached hydrogens (tertiary/aromatic N) is 2. The van der Waals surface area contributed by atoms with E-state index in [9.17, 15) is 18.0 Å². The highest BCUT2D eigenvalue weighted by Crippen LogP contribution is 2.25. The smallest absolute Gasteiger partial charge is 0.242 e. The molecule has 2 aromatic carbocycles. The lowest BCUT2D eigenvalue weighted by molar-refractivity contribution is -0.141. The van der Waals surface area contributed by atoms with Crippen molar-refractivity contribution in [1.82, 2.24) is 10.2 Å². The van der Waals surface area contributed by atoms with E-state index in [1.807, 2.05) is 63.2 Å². The third kappa shape index (κ3) is 7.81. The lowest BCUT2D eigenvalue weighted by Crippen LogP contribution is -2.49. The van der Waals surface area contributed by atoms with Crippen LogP contribution in [0.3, 0.4) is 0 Å². The number of hydrogen-bond donors (Lipinski definition) is 1. The first-order valence-corrected chi connectivity index (χ1v) is 15.0. The van der Waals surface area contributed by atoms with Gasteiger partial charge in [-0.15, -0.1) is 0 Å². The SMILES string of the molecule is Cc1ccc(C)c(N(CCCC(=O)N(Cc2ccccc2C)[C@@H](C)C(=O)NC2CCCC2)S(C)(=O)=O)c1. The van der Waals surface area contributed by atoms with Gasteiger partial charge in [-0.2, -0.15) is 0 Å². The predicted molar refractivity (Wildman–Crippen MR) is 149 cm³/mol. The molecule has 202 valence electrons. The summed E-state index contributed by atoms with van der Waals surface area (Å²) in [6.45, 7) is 8.10. The summed E-state index contributed by atoms with van der Waals surface area (Å²) in [6, 6.07) is 13.1. The van der Waals surface area contributed by atoms with E-state index in [0.717, 1.165) is 47.9 Å². The van der Waals surface area contributed by atoms with Gasteiger partial charge in [0.05, 0.1) is 11.9 Å². The number of aryl methyl sites for hydroxylation is 3. The normalized spacial score (nSPS) is 14.8. The first-order valence-electron chi connectivity index (χ1n) is 13.2. The molecule has 0 saturated heterocycles. The predicted octanol–water partition coefficient (Wildman–Crippen LogP) is 4.63. The number of sulfonamides is 1. The monoisotopic (exact) mass is 527 g/mol. The van der Waals surface area contributed by atoms with E-state index in [1.54, 1.807) is 11.8 Å². The van der Waals surface area contributed by atoms with Crippen molar-refractivity contribution in [2.75, 3.05) is 17.1 Å². The van der Waals surface area contributed by atoms with Gasteiger partial charge in [-0.1, -0.05) is 49.2 Å². The van der Waals surface area contributed by atoms with Gasteiger partial charge in [-0.25, -0.2) is 8.42 Å². The van der Waals surface area contributed by atoms with E-state index in [-0.39, 0.29) is 30.8 Å². The van der Waals surface area contributed by atoms with Crippen molar-refractivity contribution in [2.24, 2.45) is 0 Å². The van der Waals surface area contributed by atoms with Gasteiger partial charge in [0.15, 0.2) is 0 Å². The Morgan fingerprint density at radius 3 is 2.35 bits per heavy atom. The van der Waals surface area contributed by atoms with Crippen LogP contribution in [0.5, 0.6) is 0 Å². The van der Waals surface area contributed by atoms with Crippen LogP contribution < -0.4 is 9.62 Å². The Morgan fingerprint density at radius 1 is 1.03 bits per heavy atom. The van der Waals surface area contributed by atoms with Crippen LogP contribution in [0.15, 0.2) is 42.5 Å². The van der Waals surface area contributed by atoms with Crippen molar-refractivity contribution < 1.29 is 18.0 Å². The molecule has 8 heteroatoms. The fourth-order valence-electron chi connectivity index (χ4n) is 4.92. The number of carbonyl (C=O) groups excluding carboxylic acids is 2. The second-order valence-corrected chi connectivity index (χ2v) is 12.2. The molecule has 37 heavy (non-hydrogen) atoms. The summed E-state index contributed by atoms with van der Waals surface area (Å²) in [6.07, 6.45) is 5.86. The maximum absolute atomic E-state index is 13.5. The van der Waals surface area contributed by atoms with Crippen LogP contribution in [0.4, 0.5) is 5.69 Å². The van der Waals surface area contributed by atoms with Crippen molar-refractivity contribution in [3.63, 3.8) is 0 Å². The molecule has 3 rings (SSSR count). The molecule has 0 heterocycles. The third-order valence-corrected chi connectivity index (χ3v) is 8.44. The van der Waals surface area contributed by atoms with E-state index in [2.05, 4.69) is 5.32 Å². The van der Waals surface area contributed by atoms with E-state index >= 15 is 0 Å². The van der Waals surface area contributed by atoms with E-state index in [0.29, 0.717) is 18.7 Å². The Balaban J connectivity index is 1.75. The van der Waals surface area contributed by atoms with Crippen LogP contribution in [0.25, 0.3) is 0 Å². The molecule has 1 atom stereocenters. The fraction of sp³-hybridized carbons (Fsp3) is 0.517. The van der Waals surface area contributed by atoms with Gasteiger partial charge in [0.1, 0.15) is 6.04 Å². The molecule has 0 bridgehead atoms. The zero-order valence-electron chi connectivity index (χ0n) is 22.8. The third-order valence-electron chi connectivity index (χ3n) is 7.26. The molecule has 1 aliphatic rings. The van der Waals surface area contributed by atoms with Crippen LogP contribution in [0, 0.1) is 20.8 Å². The van der Waals surface area contributed by atoms with Crippen molar-refractivity contribution in [2.45, 2.75) is 84.8 Å². The molecule has 0 spiro atoms. The quantitative estimate of drug-likeness (QED) is 0.461. The second-order valence-electron chi connectivity index (χ2n) is 10.3. The molecule has 1 N–H and O–H groups in total. The molecule has 2 aromatic rings. The maximum Gasteiger partial charge on any atom is 0.242 e. The molecule has 7 nitrogen and oxygen atoms in total. The summed E-state index contributed by atoms with van der Waals surface area (Å²) in [7, 11) is -3.53. The highest BCUT2D eigenvalue weighted by Gasteiger charge is 2.29. The highest BCUT2D eigenvalue weighted by molar-refractivity contribution is 7.92. The van der Waals surface area contributed by atoms with Gasteiger partial charge in [-0.05, 0) is 75.3 Å². The molecule has 0 radical (unpaired) electrons. The van der Waals surface area contributed by atoms with Gasteiger partial charge in [0, 0.05) is 25.6 Å². The lowest BCUT2D eigenvalue weighted by Gasteiger charge is -2.31. The van der Waals surface area contributed by atoms with Crippen molar-refractivity contribution in [3.8, 4) is 0 Å². The summed E-state index contributed by atoms with van der Waals surface area (Å²) < 4.78 is 26.6. The number of carbonyl (C=O) groups is 2. The van der Waals surface area contributed by atoms with Crippen molar-refractivity contribution >= 4 is 27.5 Å². The van der Waals surface area contributed by atoms with Crippen LogP contribution in [0.1, 0.15) is 67.7 Å². The first kappa shape index (κ1) is 28.7. The standard InChI is InChI=1S/C29H41N3O4S/c1-21-16-17-23(3)27(19-21)32(37(5,35)36)18-10-15-28(33)31(20-25-12-7-6-11-22(25)2)24(4)29(34)30-26-13-8-9-14-26/h6-7,11-12,16-17,19,24,26H,8-10,13-15,18,20H2,1-5H3,(H,30,34)/t24-/m0/s1. The minimum Gasteiger partial charge on any atom is -0.352 e. The molecule has 1 aliphatic carbocycles. The summed E-state index contributed by atoms with van der Waals surface area (Å²) in [5.74, 6) is -0.297. The van der Waals surface area contributed by atoms with Crippen LogP contribution in [-0.2, 0) is 26.2 Å². The maximum atomic E-state index is 13.5. The fourth-order valence-corrected chi connectivity index (χ4v) is 5.93. The van der Waals surface area contributed by atoms with Gasteiger partial charge in [-0.3, -0.25) is 13.9 Å². The Kier molecular flexibility index (Phi) is 9.76. The van der Waals surface area contributed by atoms with Gasteiger partial charge < -0.3 is 10.2 Å². The molecule has 1 saturated carbocycles. The topological polar surface area (TPSA) is 86.8 Å². The summed E-state index contributed by atoms with van der Waals surface area (Å²) in [5.41, 5.74) is 4.51. The number of nitrogens with one attached hydrogen (secondary N) is 1. The number of anilines is 1. The summed E-state index contributed by atoms with van der Waals surface area (Å²) in [4.78, 5) is 28.2. The molecular formula is C29H41N3O4S. The Hall–Kier alpha value is -2.87. The van der Waals surface area contributed by atoms with Crippen LogP contribution in [0.2, 0.25) is 0 Å². The van der Waals surface area contributed by atoms with E-state index in [1.165, 1.54) is 10.6 Å². The van der Waals surface area contributed by atoms with Crippen LogP contribution >= 0.6 is 0 Å². The van der Waals surface area contributed by atoms with Crippen molar-refractivity contribution in [3.05, 3.63) is 64.7 Å².